The zero-order valence-electron chi connectivity index (χ0n) is 25.5. The highest BCUT2D eigenvalue weighted by atomic mass is 16.3. The molecule has 0 bridgehead atoms. The standard InChI is InChI=1S/C42H32N2O2/c1-5-13-33-27(9-1)28-10-2-6-14-34(28)43(33)25-17-19-37-31(23-25)41-39(45-37)21-22-40-42(41)32-24-26(18-20-38(32)46-40)44-35-15-7-3-11-29(35)30-12-4-8-16-36(30)44/h1-7,9-15,21-24,27,33H,8,16-20H2. The molecule has 4 heterocycles. The van der Waals surface area contributed by atoms with Crippen LogP contribution in [-0.4, -0.2) is 10.6 Å². The van der Waals surface area contributed by atoms with Gasteiger partial charge in [0.1, 0.15) is 22.7 Å². The van der Waals surface area contributed by atoms with Crippen molar-refractivity contribution in [2.75, 3.05) is 4.90 Å². The first-order valence-electron chi connectivity index (χ1n) is 16.7. The van der Waals surface area contributed by atoms with Crippen LogP contribution in [0.4, 0.5) is 5.69 Å². The van der Waals surface area contributed by atoms with Crippen LogP contribution in [0.25, 0.3) is 56.8 Å². The summed E-state index contributed by atoms with van der Waals surface area (Å²) in [5, 5.41) is 3.73. The van der Waals surface area contributed by atoms with E-state index in [1.54, 1.807) is 0 Å². The first kappa shape index (κ1) is 25.0. The molecule has 11 rings (SSSR count). The normalized spacial score (nSPS) is 20.9. The SMILES string of the molecule is C1=CC2c3ccccc3N(C3=Cc4c(oc5ccc6oc7c(c6c45)C=C(n4c5c(c6ccccc64)C=CCC5)CC7)CC3)C2C=C1. The maximum absolute atomic E-state index is 6.61. The number of benzene rings is 3. The Bertz CT molecular complexity index is 2450. The molecule has 6 aromatic rings. The molecule has 0 amide bonds. The predicted molar refractivity (Wildman–Crippen MR) is 188 cm³/mol. The van der Waals surface area contributed by atoms with Crippen LogP contribution in [0.15, 0.2) is 106 Å². The van der Waals surface area contributed by atoms with Gasteiger partial charge < -0.3 is 18.3 Å². The van der Waals surface area contributed by atoms with Gasteiger partial charge in [0.05, 0.1) is 11.6 Å². The van der Waals surface area contributed by atoms with E-state index in [0.29, 0.717) is 12.0 Å². The van der Waals surface area contributed by atoms with E-state index < -0.39 is 0 Å². The monoisotopic (exact) mass is 596 g/mol. The molecular weight excluding hydrogens is 564 g/mol. The molecule has 0 saturated carbocycles. The Morgan fingerprint density at radius 2 is 1.37 bits per heavy atom. The Labute approximate surface area is 266 Å². The van der Waals surface area contributed by atoms with Gasteiger partial charge in [-0.1, -0.05) is 72.9 Å². The Morgan fingerprint density at radius 1 is 0.652 bits per heavy atom. The number of furan rings is 2. The van der Waals surface area contributed by atoms with Crippen LogP contribution in [0, 0.1) is 0 Å². The number of para-hydroxylation sites is 2. The minimum Gasteiger partial charge on any atom is -0.460 e. The second kappa shape index (κ2) is 9.17. The zero-order valence-corrected chi connectivity index (χ0v) is 25.5. The van der Waals surface area contributed by atoms with E-state index >= 15 is 0 Å². The predicted octanol–water partition coefficient (Wildman–Crippen LogP) is 10.4. The smallest absolute Gasteiger partial charge is 0.135 e. The van der Waals surface area contributed by atoms with Crippen molar-refractivity contribution in [1.29, 1.82) is 0 Å². The third-order valence-electron chi connectivity index (χ3n) is 11.0. The number of anilines is 1. The fraction of sp³-hybridized carbons (Fsp3) is 0.190. The molecule has 222 valence electrons. The molecule has 2 unspecified atom stereocenters. The lowest BCUT2D eigenvalue weighted by Crippen LogP contribution is -2.33. The van der Waals surface area contributed by atoms with Crippen LogP contribution in [0.1, 0.15) is 64.6 Å². The van der Waals surface area contributed by atoms with E-state index in [1.165, 1.54) is 66.7 Å². The summed E-state index contributed by atoms with van der Waals surface area (Å²) in [6.45, 7) is 0. The summed E-state index contributed by atoms with van der Waals surface area (Å²) >= 11 is 0. The van der Waals surface area contributed by atoms with Crippen molar-refractivity contribution in [2.24, 2.45) is 0 Å². The van der Waals surface area contributed by atoms with Crippen molar-refractivity contribution in [3.63, 3.8) is 0 Å². The van der Waals surface area contributed by atoms with Crippen LogP contribution >= 0.6 is 0 Å². The van der Waals surface area contributed by atoms with Gasteiger partial charge in [-0.25, -0.2) is 0 Å². The summed E-state index contributed by atoms with van der Waals surface area (Å²) < 4.78 is 15.8. The number of aromatic nitrogens is 1. The summed E-state index contributed by atoms with van der Waals surface area (Å²) in [7, 11) is 0. The first-order valence-corrected chi connectivity index (χ1v) is 16.7. The molecule has 2 atom stereocenters. The minimum absolute atomic E-state index is 0.303. The van der Waals surface area contributed by atoms with Crippen molar-refractivity contribution in [2.45, 2.75) is 50.5 Å². The third-order valence-corrected chi connectivity index (χ3v) is 11.0. The van der Waals surface area contributed by atoms with Crippen molar-refractivity contribution in [3.8, 4) is 0 Å². The summed E-state index contributed by atoms with van der Waals surface area (Å²) in [6.07, 6.45) is 24.5. The average molecular weight is 597 g/mol. The molecule has 4 heteroatoms. The Balaban J connectivity index is 1.11. The van der Waals surface area contributed by atoms with Gasteiger partial charge >= 0.3 is 0 Å². The quantitative estimate of drug-likeness (QED) is 0.199. The van der Waals surface area contributed by atoms with Gasteiger partial charge in [-0.05, 0) is 67.7 Å². The summed E-state index contributed by atoms with van der Waals surface area (Å²) in [4.78, 5) is 2.58. The highest BCUT2D eigenvalue weighted by Crippen LogP contribution is 2.49. The highest BCUT2D eigenvalue weighted by molar-refractivity contribution is 6.14. The number of aryl methyl sites for hydroxylation is 2. The topological polar surface area (TPSA) is 34.5 Å². The molecule has 0 saturated heterocycles. The number of hydrogen-bond acceptors (Lipinski definition) is 3. The van der Waals surface area contributed by atoms with Crippen LogP contribution in [0.3, 0.4) is 0 Å². The number of rotatable bonds is 2. The van der Waals surface area contributed by atoms with Crippen molar-refractivity contribution < 1.29 is 8.83 Å². The van der Waals surface area contributed by atoms with Gasteiger partial charge in [0.15, 0.2) is 0 Å². The molecule has 46 heavy (non-hydrogen) atoms. The van der Waals surface area contributed by atoms with E-state index in [4.69, 9.17) is 8.83 Å². The molecule has 0 fully saturated rings. The Kier molecular flexibility index (Phi) is 4.99. The van der Waals surface area contributed by atoms with E-state index in [2.05, 4.69) is 119 Å². The van der Waals surface area contributed by atoms with Gasteiger partial charge in [-0.2, -0.15) is 0 Å². The van der Waals surface area contributed by atoms with Gasteiger partial charge in [-0.15, -0.1) is 0 Å². The molecule has 4 nitrogen and oxygen atoms in total. The molecule has 3 aromatic carbocycles. The minimum atomic E-state index is 0.303. The molecule has 4 aliphatic carbocycles. The maximum atomic E-state index is 6.61. The second-order valence-electron chi connectivity index (χ2n) is 13.3. The summed E-state index contributed by atoms with van der Waals surface area (Å²) in [5.41, 5.74) is 13.9. The van der Waals surface area contributed by atoms with E-state index in [1.807, 2.05) is 0 Å². The van der Waals surface area contributed by atoms with Crippen molar-refractivity contribution in [1.82, 2.24) is 4.57 Å². The van der Waals surface area contributed by atoms with Crippen molar-refractivity contribution in [3.05, 3.63) is 136 Å². The first-order chi connectivity index (χ1) is 22.8. The van der Waals surface area contributed by atoms with Gasteiger partial charge in [0.2, 0.25) is 0 Å². The van der Waals surface area contributed by atoms with Gasteiger partial charge in [0.25, 0.3) is 0 Å². The highest BCUT2D eigenvalue weighted by Gasteiger charge is 2.39. The molecule has 1 aliphatic heterocycles. The van der Waals surface area contributed by atoms with Gasteiger partial charge in [0, 0.05) is 74.4 Å². The number of fused-ring (bicyclic) bond motifs is 13. The molecule has 0 N–H and O–H groups in total. The van der Waals surface area contributed by atoms with Crippen LogP contribution in [0.5, 0.6) is 0 Å². The van der Waals surface area contributed by atoms with Gasteiger partial charge in [-0.3, -0.25) is 0 Å². The lowest BCUT2D eigenvalue weighted by atomic mass is 9.91. The van der Waals surface area contributed by atoms with E-state index in [9.17, 15) is 0 Å². The Hall–Kier alpha value is -5.22. The number of hydrogen-bond donors (Lipinski definition) is 0. The van der Waals surface area contributed by atoms with Crippen LogP contribution in [0.2, 0.25) is 0 Å². The summed E-state index contributed by atoms with van der Waals surface area (Å²) in [6, 6.07) is 22.3. The van der Waals surface area contributed by atoms with E-state index in [0.717, 1.165) is 61.2 Å². The zero-order chi connectivity index (χ0) is 29.9. The molecule has 0 radical (unpaired) electrons. The third kappa shape index (κ3) is 3.29. The van der Waals surface area contributed by atoms with Crippen LogP contribution in [-0.2, 0) is 19.3 Å². The summed E-state index contributed by atoms with van der Waals surface area (Å²) in [5.74, 6) is 2.55. The number of allylic oxidation sites excluding steroid dienone is 5. The second-order valence-corrected chi connectivity index (χ2v) is 13.3. The van der Waals surface area contributed by atoms with Crippen molar-refractivity contribution >= 4 is 62.5 Å². The Morgan fingerprint density at radius 3 is 2.22 bits per heavy atom. The lowest BCUT2D eigenvalue weighted by Gasteiger charge is -2.32. The molecule has 5 aliphatic rings. The number of nitrogens with zero attached hydrogens (tertiary/aromatic N) is 2. The van der Waals surface area contributed by atoms with Crippen LogP contribution < -0.4 is 4.90 Å². The maximum Gasteiger partial charge on any atom is 0.135 e. The largest absolute Gasteiger partial charge is 0.460 e. The molecule has 3 aromatic heterocycles. The molecule has 0 spiro atoms. The van der Waals surface area contributed by atoms with E-state index in [-0.39, 0.29) is 0 Å². The lowest BCUT2D eigenvalue weighted by molar-refractivity contribution is 0.538. The average Bonchev–Trinajstić information content (AvgIpc) is 3.85. The fourth-order valence-electron chi connectivity index (χ4n) is 9.05. The fourth-order valence-corrected chi connectivity index (χ4v) is 9.05. The molecular formula is C42H32N2O2.